The van der Waals surface area contributed by atoms with E-state index < -0.39 is 0 Å². The molecule has 0 aromatic rings. The molecule has 0 aromatic heterocycles. The Morgan fingerprint density at radius 3 is 1.82 bits per heavy atom. The van der Waals surface area contributed by atoms with E-state index in [0.717, 1.165) is 26.2 Å². The summed E-state index contributed by atoms with van der Waals surface area (Å²) in [6.07, 6.45) is 0. The number of hydrogen-bond donors (Lipinski definition) is 3. The fraction of sp³-hybridized carbons (Fsp3) is 1.00. The maximum absolute atomic E-state index is 3.59. The molecule has 1 rings (SSSR count). The monoisotopic (exact) mass is 242 g/mol. The first-order chi connectivity index (χ1) is 7.99. The SMILES string of the molecule is CC1CNC(C)CN(C)C(C)CNC(C)CN1. The van der Waals surface area contributed by atoms with Crippen LogP contribution >= 0.6 is 0 Å². The fourth-order valence-corrected chi connectivity index (χ4v) is 2.10. The summed E-state index contributed by atoms with van der Waals surface area (Å²) in [5.74, 6) is 0. The molecule has 0 aromatic carbocycles. The minimum absolute atomic E-state index is 0.531. The van der Waals surface area contributed by atoms with E-state index >= 15 is 0 Å². The molecular formula is C13H30N4. The molecule has 0 amide bonds. The molecule has 4 heteroatoms. The van der Waals surface area contributed by atoms with E-state index in [2.05, 4.69) is 55.6 Å². The minimum Gasteiger partial charge on any atom is -0.311 e. The average molecular weight is 242 g/mol. The van der Waals surface area contributed by atoms with Gasteiger partial charge < -0.3 is 20.9 Å². The Bertz CT molecular complexity index is 210. The standard InChI is InChI=1S/C13H30N4/c1-10-7-15-12(3)9-17(5)13(4)8-16-11(2)6-14-10/h10-16H,6-9H2,1-5H3. The third-order valence-corrected chi connectivity index (χ3v) is 3.62. The van der Waals surface area contributed by atoms with Gasteiger partial charge in [0.25, 0.3) is 0 Å². The number of nitrogens with zero attached hydrogens (tertiary/aromatic N) is 1. The lowest BCUT2D eigenvalue weighted by Gasteiger charge is -2.31. The van der Waals surface area contributed by atoms with Gasteiger partial charge in [-0.3, -0.25) is 0 Å². The highest BCUT2D eigenvalue weighted by Gasteiger charge is 2.15. The van der Waals surface area contributed by atoms with Gasteiger partial charge in [0, 0.05) is 50.3 Å². The van der Waals surface area contributed by atoms with Gasteiger partial charge in [-0.15, -0.1) is 0 Å². The minimum atomic E-state index is 0.531. The van der Waals surface area contributed by atoms with Crippen molar-refractivity contribution in [3.63, 3.8) is 0 Å². The van der Waals surface area contributed by atoms with Gasteiger partial charge in [-0.2, -0.15) is 0 Å². The van der Waals surface area contributed by atoms with Gasteiger partial charge in [0.05, 0.1) is 0 Å². The molecule has 17 heavy (non-hydrogen) atoms. The summed E-state index contributed by atoms with van der Waals surface area (Å²) < 4.78 is 0. The Morgan fingerprint density at radius 1 is 0.765 bits per heavy atom. The van der Waals surface area contributed by atoms with E-state index in [1.54, 1.807) is 0 Å². The van der Waals surface area contributed by atoms with Gasteiger partial charge in [-0.05, 0) is 34.7 Å². The normalized spacial score (nSPS) is 39.4. The highest BCUT2D eigenvalue weighted by Crippen LogP contribution is 1.98. The molecule has 0 bridgehead atoms. The zero-order valence-corrected chi connectivity index (χ0v) is 12.1. The molecule has 1 aliphatic rings. The highest BCUT2D eigenvalue weighted by atomic mass is 15.2. The van der Waals surface area contributed by atoms with Crippen LogP contribution in [0.4, 0.5) is 0 Å². The first-order valence-corrected chi connectivity index (χ1v) is 6.89. The van der Waals surface area contributed by atoms with E-state index in [9.17, 15) is 0 Å². The molecule has 4 unspecified atom stereocenters. The van der Waals surface area contributed by atoms with Crippen LogP contribution in [0.1, 0.15) is 27.7 Å². The van der Waals surface area contributed by atoms with E-state index in [-0.39, 0.29) is 0 Å². The topological polar surface area (TPSA) is 39.3 Å². The summed E-state index contributed by atoms with van der Waals surface area (Å²) in [6.45, 7) is 13.3. The maximum atomic E-state index is 3.59. The van der Waals surface area contributed by atoms with Crippen LogP contribution in [0.5, 0.6) is 0 Å². The molecule has 1 heterocycles. The number of likely N-dealkylation sites (N-methyl/N-ethyl adjacent to an activating group) is 1. The van der Waals surface area contributed by atoms with E-state index in [4.69, 9.17) is 0 Å². The van der Waals surface area contributed by atoms with Crippen molar-refractivity contribution in [3.8, 4) is 0 Å². The van der Waals surface area contributed by atoms with Crippen molar-refractivity contribution in [1.29, 1.82) is 0 Å². The molecule has 102 valence electrons. The largest absolute Gasteiger partial charge is 0.311 e. The van der Waals surface area contributed by atoms with Gasteiger partial charge in [0.2, 0.25) is 0 Å². The summed E-state index contributed by atoms with van der Waals surface area (Å²) >= 11 is 0. The predicted molar refractivity (Wildman–Crippen MR) is 74.5 cm³/mol. The molecule has 0 radical (unpaired) electrons. The predicted octanol–water partition coefficient (Wildman–Crippen LogP) is 0.255. The van der Waals surface area contributed by atoms with Crippen LogP contribution < -0.4 is 16.0 Å². The molecule has 1 saturated heterocycles. The number of hydrogen-bond acceptors (Lipinski definition) is 4. The molecular weight excluding hydrogens is 212 g/mol. The van der Waals surface area contributed by atoms with Crippen LogP contribution in [0.25, 0.3) is 0 Å². The van der Waals surface area contributed by atoms with Crippen molar-refractivity contribution in [1.82, 2.24) is 20.9 Å². The Hall–Kier alpha value is -0.160. The zero-order chi connectivity index (χ0) is 12.8. The molecule has 4 atom stereocenters. The molecule has 0 spiro atoms. The lowest BCUT2D eigenvalue weighted by Crippen LogP contribution is -2.52. The van der Waals surface area contributed by atoms with Gasteiger partial charge in [0.15, 0.2) is 0 Å². The molecule has 0 aliphatic carbocycles. The van der Waals surface area contributed by atoms with Crippen molar-refractivity contribution in [2.75, 3.05) is 33.2 Å². The molecule has 1 fully saturated rings. The molecule has 4 nitrogen and oxygen atoms in total. The van der Waals surface area contributed by atoms with Crippen molar-refractivity contribution in [2.45, 2.75) is 51.9 Å². The fourth-order valence-electron chi connectivity index (χ4n) is 2.10. The lowest BCUT2D eigenvalue weighted by atomic mass is 10.2. The Morgan fingerprint density at radius 2 is 1.24 bits per heavy atom. The van der Waals surface area contributed by atoms with Gasteiger partial charge >= 0.3 is 0 Å². The van der Waals surface area contributed by atoms with E-state index in [1.165, 1.54) is 0 Å². The van der Waals surface area contributed by atoms with Crippen LogP contribution in [0.15, 0.2) is 0 Å². The van der Waals surface area contributed by atoms with Crippen LogP contribution in [-0.2, 0) is 0 Å². The zero-order valence-electron chi connectivity index (χ0n) is 12.1. The molecule has 3 N–H and O–H groups in total. The van der Waals surface area contributed by atoms with Crippen molar-refractivity contribution < 1.29 is 0 Å². The summed E-state index contributed by atoms with van der Waals surface area (Å²) in [7, 11) is 2.21. The lowest BCUT2D eigenvalue weighted by molar-refractivity contribution is 0.218. The summed E-state index contributed by atoms with van der Waals surface area (Å²) in [5, 5.41) is 10.7. The smallest absolute Gasteiger partial charge is 0.0190 e. The molecule has 0 saturated carbocycles. The van der Waals surface area contributed by atoms with Crippen LogP contribution in [-0.4, -0.2) is 62.3 Å². The maximum Gasteiger partial charge on any atom is 0.0190 e. The second-order valence-corrected chi connectivity index (χ2v) is 5.72. The van der Waals surface area contributed by atoms with E-state index in [1.807, 2.05) is 0 Å². The second-order valence-electron chi connectivity index (χ2n) is 5.72. The van der Waals surface area contributed by atoms with Crippen molar-refractivity contribution in [3.05, 3.63) is 0 Å². The highest BCUT2D eigenvalue weighted by molar-refractivity contribution is 4.78. The van der Waals surface area contributed by atoms with Crippen LogP contribution in [0.3, 0.4) is 0 Å². The summed E-state index contributed by atoms with van der Waals surface area (Å²) in [5.41, 5.74) is 0. The number of nitrogens with one attached hydrogen (secondary N) is 3. The van der Waals surface area contributed by atoms with Gasteiger partial charge in [-0.1, -0.05) is 0 Å². The van der Waals surface area contributed by atoms with Crippen LogP contribution in [0, 0.1) is 0 Å². The Kier molecular flexibility index (Phi) is 6.41. The van der Waals surface area contributed by atoms with Crippen LogP contribution in [0.2, 0.25) is 0 Å². The average Bonchev–Trinajstić information content (AvgIpc) is 2.29. The van der Waals surface area contributed by atoms with Gasteiger partial charge in [-0.25, -0.2) is 0 Å². The molecule has 1 aliphatic heterocycles. The van der Waals surface area contributed by atoms with Gasteiger partial charge in [0.1, 0.15) is 0 Å². The first kappa shape index (κ1) is 14.9. The first-order valence-electron chi connectivity index (χ1n) is 6.89. The summed E-state index contributed by atoms with van der Waals surface area (Å²) in [6, 6.07) is 2.19. The number of rotatable bonds is 0. The van der Waals surface area contributed by atoms with Crippen molar-refractivity contribution >= 4 is 0 Å². The Labute approximate surface area is 107 Å². The third-order valence-electron chi connectivity index (χ3n) is 3.62. The van der Waals surface area contributed by atoms with E-state index in [0.29, 0.717) is 24.2 Å². The second kappa shape index (κ2) is 7.31. The quantitative estimate of drug-likeness (QED) is 0.570. The summed E-state index contributed by atoms with van der Waals surface area (Å²) in [4.78, 5) is 2.43. The third kappa shape index (κ3) is 5.82. The van der Waals surface area contributed by atoms with Crippen molar-refractivity contribution in [2.24, 2.45) is 0 Å². The Balaban J connectivity index is 2.50.